The second-order valence-electron chi connectivity index (χ2n) is 7.56. The zero-order valence-electron chi connectivity index (χ0n) is 16.8. The van der Waals surface area contributed by atoms with E-state index in [9.17, 15) is 43.2 Å². The zero-order valence-corrected chi connectivity index (χ0v) is 18.5. The molecule has 4 rings (SSSR count). The second-order valence-corrected chi connectivity index (χ2v) is 10.6. The van der Waals surface area contributed by atoms with Crippen LogP contribution in [0, 0.1) is 0 Å². The Hall–Kier alpha value is -2.74. The first-order chi connectivity index (χ1) is 15.6. The first-order valence-electron chi connectivity index (χ1n) is 9.59. The molecule has 2 aliphatic rings. The predicted octanol–water partition coefficient (Wildman–Crippen LogP) is 4.95. The molecule has 0 aromatic heterocycles. The topological polar surface area (TPSA) is 86.7 Å². The summed E-state index contributed by atoms with van der Waals surface area (Å²) in [4.78, 5) is 0. The fourth-order valence-electron chi connectivity index (χ4n) is 4.01. The van der Waals surface area contributed by atoms with E-state index in [0.29, 0.717) is 47.9 Å². The molecular formula is C20H14F6O6S2. The first kappa shape index (κ1) is 24.4. The van der Waals surface area contributed by atoms with E-state index in [0.717, 1.165) is 23.3 Å². The second kappa shape index (κ2) is 7.90. The molecule has 0 saturated carbocycles. The van der Waals surface area contributed by atoms with E-state index in [1.54, 1.807) is 0 Å². The van der Waals surface area contributed by atoms with Crippen molar-refractivity contribution in [2.45, 2.75) is 36.7 Å². The lowest BCUT2D eigenvalue weighted by Gasteiger charge is -2.29. The minimum atomic E-state index is -5.80. The van der Waals surface area contributed by atoms with Gasteiger partial charge in [-0.1, -0.05) is 12.1 Å². The van der Waals surface area contributed by atoms with Crippen LogP contribution in [-0.2, 0) is 33.1 Å². The molecule has 2 aliphatic carbocycles. The molecule has 0 radical (unpaired) electrons. The molecule has 14 heteroatoms. The van der Waals surface area contributed by atoms with Crippen LogP contribution in [0.2, 0.25) is 0 Å². The van der Waals surface area contributed by atoms with Crippen molar-refractivity contribution >= 4 is 31.4 Å². The summed E-state index contributed by atoms with van der Waals surface area (Å²) in [6, 6.07) is 7.62. The van der Waals surface area contributed by atoms with Crippen LogP contribution >= 0.6 is 0 Å². The lowest BCUT2D eigenvalue weighted by molar-refractivity contribution is -0.0504. The summed E-state index contributed by atoms with van der Waals surface area (Å²) >= 11 is 0. The molecular weight excluding hydrogens is 514 g/mol. The summed E-state index contributed by atoms with van der Waals surface area (Å²) in [7, 11) is -11.6. The van der Waals surface area contributed by atoms with Gasteiger partial charge in [0.05, 0.1) is 0 Å². The van der Waals surface area contributed by atoms with Crippen LogP contribution in [0.15, 0.2) is 36.4 Å². The maximum Gasteiger partial charge on any atom is 0.534 e. The van der Waals surface area contributed by atoms with Crippen molar-refractivity contribution in [3.63, 3.8) is 0 Å². The van der Waals surface area contributed by atoms with E-state index in [-0.39, 0.29) is 0 Å². The van der Waals surface area contributed by atoms with Gasteiger partial charge in [0.15, 0.2) is 0 Å². The molecule has 2 aromatic rings. The van der Waals surface area contributed by atoms with Gasteiger partial charge < -0.3 is 8.37 Å². The Bertz CT molecular complexity index is 1300. The van der Waals surface area contributed by atoms with Crippen LogP contribution < -0.4 is 8.37 Å². The summed E-state index contributed by atoms with van der Waals surface area (Å²) in [6.45, 7) is 0. The molecule has 0 amide bonds. The highest BCUT2D eigenvalue weighted by molar-refractivity contribution is 7.88. The number of hydrogen-bond acceptors (Lipinski definition) is 6. The van der Waals surface area contributed by atoms with E-state index in [1.807, 2.05) is 0 Å². The minimum absolute atomic E-state index is 0.345. The Morgan fingerprint density at radius 3 is 1.26 bits per heavy atom. The lowest BCUT2D eigenvalue weighted by atomic mass is 9.75. The Labute approximate surface area is 190 Å². The summed E-state index contributed by atoms with van der Waals surface area (Å²) < 4.78 is 129. The third-order valence-electron chi connectivity index (χ3n) is 5.44. The predicted molar refractivity (Wildman–Crippen MR) is 108 cm³/mol. The number of rotatable bonds is 4. The zero-order chi connectivity index (χ0) is 25.1. The molecule has 0 fully saturated rings. The van der Waals surface area contributed by atoms with Gasteiger partial charge in [-0.3, -0.25) is 0 Å². The molecule has 0 aliphatic heterocycles. The maximum atomic E-state index is 12.6. The third kappa shape index (κ3) is 4.35. The molecule has 0 bridgehead atoms. The Morgan fingerprint density at radius 1 is 0.588 bits per heavy atom. The number of allylic oxidation sites excluding steroid dienone is 2. The van der Waals surface area contributed by atoms with E-state index >= 15 is 0 Å². The van der Waals surface area contributed by atoms with Crippen LogP contribution in [0.25, 0.3) is 11.1 Å². The van der Waals surface area contributed by atoms with Crippen molar-refractivity contribution in [3.05, 3.63) is 58.7 Å². The van der Waals surface area contributed by atoms with Crippen molar-refractivity contribution in [1.29, 1.82) is 0 Å². The average Bonchev–Trinajstić information content (AvgIpc) is 2.70. The smallest absolute Gasteiger partial charge is 0.376 e. The number of fused-ring (bicyclic) bond motifs is 4. The lowest BCUT2D eigenvalue weighted by Crippen LogP contribution is -2.28. The fourth-order valence-corrected chi connectivity index (χ4v) is 4.91. The molecule has 0 heterocycles. The quantitative estimate of drug-likeness (QED) is 0.317. The largest absolute Gasteiger partial charge is 0.534 e. The molecule has 0 spiro atoms. The minimum Gasteiger partial charge on any atom is -0.376 e. The average molecular weight is 528 g/mol. The van der Waals surface area contributed by atoms with Gasteiger partial charge in [0, 0.05) is 0 Å². The summed E-state index contributed by atoms with van der Waals surface area (Å²) in [5.41, 5.74) is -6.83. The fraction of sp³-hybridized carbons (Fsp3) is 0.300. The molecule has 34 heavy (non-hydrogen) atoms. The van der Waals surface area contributed by atoms with Gasteiger partial charge in [-0.15, -0.1) is 0 Å². The third-order valence-corrected chi connectivity index (χ3v) is 7.39. The monoisotopic (exact) mass is 528 g/mol. The maximum absolute atomic E-state index is 12.6. The molecule has 2 aromatic carbocycles. The summed E-state index contributed by atoms with van der Waals surface area (Å²) in [5.74, 6) is -0.937. The van der Waals surface area contributed by atoms with Crippen LogP contribution in [0.3, 0.4) is 0 Å². The number of benzene rings is 2. The van der Waals surface area contributed by atoms with Crippen molar-refractivity contribution in [2.24, 2.45) is 0 Å². The highest BCUT2D eigenvalue weighted by Crippen LogP contribution is 2.45. The van der Waals surface area contributed by atoms with E-state index in [1.165, 1.54) is 24.3 Å². The Morgan fingerprint density at radius 2 is 0.941 bits per heavy atom. The molecule has 0 unspecified atom stereocenters. The van der Waals surface area contributed by atoms with Crippen molar-refractivity contribution in [1.82, 2.24) is 0 Å². The van der Waals surface area contributed by atoms with Crippen molar-refractivity contribution in [2.75, 3.05) is 0 Å². The van der Waals surface area contributed by atoms with Gasteiger partial charge in [0.1, 0.15) is 11.5 Å². The Kier molecular flexibility index (Phi) is 5.67. The van der Waals surface area contributed by atoms with Crippen LogP contribution in [0.4, 0.5) is 26.3 Å². The number of hydrogen-bond donors (Lipinski definition) is 0. The van der Waals surface area contributed by atoms with Gasteiger partial charge >= 0.3 is 31.3 Å². The number of halogens is 6. The highest BCUT2D eigenvalue weighted by Gasteiger charge is 2.49. The van der Waals surface area contributed by atoms with Crippen LogP contribution in [0.5, 0.6) is 11.5 Å². The van der Waals surface area contributed by atoms with Crippen LogP contribution in [0.1, 0.15) is 35.1 Å². The standard InChI is InChI=1S/C20H14F6O6S2/c21-19(22,23)33(27,28)31-13-3-7-15-11(9-13)1-5-17-16-8-4-14(10-12(16)2-6-18(15)17)32-34(29,30)20(24,25)26/h3-4,7-10H,1-2,5-6H2. The molecule has 184 valence electrons. The SMILES string of the molecule is O=S(=O)(Oc1ccc2c(c1)CCC1=C2CCc2cc(OS(=O)(=O)C(F)(F)F)ccc21)C(F)(F)F. The molecule has 0 N–H and O–H groups in total. The van der Waals surface area contributed by atoms with E-state index in [2.05, 4.69) is 8.37 Å². The van der Waals surface area contributed by atoms with Gasteiger partial charge in [-0.05, 0) is 83.3 Å². The summed E-state index contributed by atoms with van der Waals surface area (Å²) in [6.07, 6.45) is 1.53. The normalized spacial score (nSPS) is 16.4. The highest BCUT2D eigenvalue weighted by atomic mass is 32.2. The van der Waals surface area contributed by atoms with Crippen molar-refractivity contribution in [3.8, 4) is 11.5 Å². The summed E-state index contributed by atoms with van der Waals surface area (Å²) in [5, 5.41) is 0. The van der Waals surface area contributed by atoms with Gasteiger partial charge in [-0.25, -0.2) is 0 Å². The molecule has 0 saturated heterocycles. The van der Waals surface area contributed by atoms with E-state index in [4.69, 9.17) is 0 Å². The number of alkyl halides is 6. The number of aryl methyl sites for hydroxylation is 2. The van der Waals surface area contributed by atoms with Crippen molar-refractivity contribution < 1.29 is 51.5 Å². The van der Waals surface area contributed by atoms with Crippen LogP contribution in [-0.4, -0.2) is 27.9 Å². The molecule has 0 atom stereocenters. The van der Waals surface area contributed by atoms with Gasteiger partial charge in [0.2, 0.25) is 0 Å². The van der Waals surface area contributed by atoms with E-state index < -0.39 is 42.8 Å². The van der Waals surface area contributed by atoms with Gasteiger partial charge in [0.25, 0.3) is 0 Å². The Balaban J connectivity index is 1.64. The van der Waals surface area contributed by atoms with Gasteiger partial charge in [-0.2, -0.15) is 43.2 Å². The first-order valence-corrected chi connectivity index (χ1v) is 12.4. The molecule has 6 nitrogen and oxygen atoms in total.